The van der Waals surface area contributed by atoms with Crippen LogP contribution in [0.25, 0.3) is 0 Å². The first-order valence-corrected chi connectivity index (χ1v) is 12.2. The lowest BCUT2D eigenvalue weighted by Gasteiger charge is -2.30. The lowest BCUT2D eigenvalue weighted by molar-refractivity contribution is -0.118. The van der Waals surface area contributed by atoms with Crippen LogP contribution in [0.2, 0.25) is 0 Å². The molecule has 2 amide bonds. The number of nitrogens with zero attached hydrogens (tertiary/aromatic N) is 4. The topological polar surface area (TPSA) is 113 Å². The number of benzene rings is 1. The van der Waals surface area contributed by atoms with Crippen LogP contribution in [0.5, 0.6) is 5.75 Å². The number of carbonyl (C=O) groups excluding carboxylic acids is 2. The van der Waals surface area contributed by atoms with Crippen LogP contribution in [0.3, 0.4) is 0 Å². The summed E-state index contributed by atoms with van der Waals surface area (Å²) >= 11 is 0. The number of amides is 2. The van der Waals surface area contributed by atoms with Gasteiger partial charge in [0.25, 0.3) is 5.91 Å². The summed E-state index contributed by atoms with van der Waals surface area (Å²) in [5.41, 5.74) is 1.72. The average Bonchev–Trinajstić information content (AvgIpc) is 3.60. The second kappa shape index (κ2) is 10.3. The molecule has 1 aliphatic carbocycles. The molecule has 188 valence electrons. The number of furan rings is 1. The molecule has 2 aliphatic rings. The van der Waals surface area contributed by atoms with Crippen LogP contribution in [0.4, 0.5) is 23.1 Å². The van der Waals surface area contributed by atoms with Gasteiger partial charge in [0, 0.05) is 31.6 Å². The van der Waals surface area contributed by atoms with E-state index >= 15 is 0 Å². The molecule has 10 nitrogen and oxygen atoms in total. The molecule has 0 bridgehead atoms. The number of anilines is 4. The molecule has 0 unspecified atom stereocenters. The van der Waals surface area contributed by atoms with Gasteiger partial charge in [-0.25, -0.2) is 4.98 Å². The van der Waals surface area contributed by atoms with Gasteiger partial charge in [-0.3, -0.25) is 9.59 Å². The average molecular weight is 491 g/mol. The summed E-state index contributed by atoms with van der Waals surface area (Å²) in [5, 5.41) is 6.07. The van der Waals surface area contributed by atoms with Gasteiger partial charge < -0.3 is 29.6 Å². The third kappa shape index (κ3) is 4.84. The van der Waals surface area contributed by atoms with Gasteiger partial charge >= 0.3 is 0 Å². The summed E-state index contributed by atoms with van der Waals surface area (Å²) in [6.45, 7) is 0.920. The number of ether oxygens (including phenoxy) is 1. The van der Waals surface area contributed by atoms with Gasteiger partial charge in [-0.05, 0) is 43.2 Å². The Kier molecular flexibility index (Phi) is 6.75. The normalized spacial score (nSPS) is 16.0. The zero-order valence-corrected chi connectivity index (χ0v) is 20.5. The van der Waals surface area contributed by atoms with E-state index in [-0.39, 0.29) is 18.4 Å². The van der Waals surface area contributed by atoms with E-state index in [0.29, 0.717) is 53.4 Å². The molecule has 3 heterocycles. The van der Waals surface area contributed by atoms with Crippen molar-refractivity contribution in [3.05, 3.63) is 54.1 Å². The van der Waals surface area contributed by atoms with Crippen LogP contribution >= 0.6 is 0 Å². The minimum absolute atomic E-state index is 0.0518. The van der Waals surface area contributed by atoms with Crippen molar-refractivity contribution in [3.8, 4) is 5.75 Å². The minimum atomic E-state index is -0.243. The molecule has 1 fully saturated rings. The molecule has 0 radical (unpaired) electrons. The summed E-state index contributed by atoms with van der Waals surface area (Å²) < 4.78 is 10.8. The first-order chi connectivity index (χ1) is 17.5. The molecule has 36 heavy (non-hydrogen) atoms. The fraction of sp³-hybridized carbons (Fsp3) is 0.385. The van der Waals surface area contributed by atoms with Crippen molar-refractivity contribution in [1.29, 1.82) is 0 Å². The number of fused-ring (bicyclic) bond motifs is 1. The van der Waals surface area contributed by atoms with Gasteiger partial charge in [0.15, 0.2) is 5.82 Å². The smallest absolute Gasteiger partial charge is 0.251 e. The van der Waals surface area contributed by atoms with Gasteiger partial charge in [-0.15, -0.1) is 0 Å². The summed E-state index contributed by atoms with van der Waals surface area (Å²) in [6, 6.07) is 9.07. The van der Waals surface area contributed by atoms with Gasteiger partial charge in [-0.1, -0.05) is 12.8 Å². The molecular weight excluding hydrogens is 460 g/mol. The third-order valence-electron chi connectivity index (χ3n) is 6.80. The maximum Gasteiger partial charge on any atom is 0.251 e. The van der Waals surface area contributed by atoms with E-state index in [1.165, 1.54) is 12.8 Å². The standard InChI is InChI=1S/C26H30N6O4/c1-31-21-16-28-26(30-24(21)32(12-11-23(31)33)18-6-3-4-7-18)29-20-14-17(9-10-22(20)35-2)25(34)27-15-19-8-5-13-36-19/h5,8-10,13-14,16,18H,3-4,6-7,11-12,15H2,1-2H3,(H,27,34)(H,28,29,30). The second-order valence-electron chi connectivity index (χ2n) is 9.04. The monoisotopic (exact) mass is 490 g/mol. The molecule has 3 aromatic rings. The van der Waals surface area contributed by atoms with Crippen molar-refractivity contribution in [2.24, 2.45) is 0 Å². The van der Waals surface area contributed by atoms with Crippen molar-refractivity contribution >= 4 is 35.0 Å². The number of aromatic nitrogens is 2. The van der Waals surface area contributed by atoms with Gasteiger partial charge in [0.05, 0.1) is 31.8 Å². The van der Waals surface area contributed by atoms with Crippen LogP contribution in [0.1, 0.15) is 48.2 Å². The highest BCUT2D eigenvalue weighted by atomic mass is 16.5. The molecule has 0 saturated heterocycles. The molecule has 2 aromatic heterocycles. The van der Waals surface area contributed by atoms with E-state index in [9.17, 15) is 9.59 Å². The van der Waals surface area contributed by atoms with E-state index in [2.05, 4.69) is 20.5 Å². The molecule has 1 aromatic carbocycles. The lowest BCUT2D eigenvalue weighted by Crippen LogP contribution is -2.34. The highest BCUT2D eigenvalue weighted by molar-refractivity contribution is 5.97. The summed E-state index contributed by atoms with van der Waals surface area (Å²) in [4.78, 5) is 38.5. The van der Waals surface area contributed by atoms with Crippen LogP contribution in [-0.4, -0.2) is 48.5 Å². The van der Waals surface area contributed by atoms with E-state index in [1.807, 2.05) is 0 Å². The number of carbonyl (C=O) groups is 2. The van der Waals surface area contributed by atoms with E-state index in [1.54, 1.807) is 61.8 Å². The molecule has 10 heteroatoms. The first kappa shape index (κ1) is 23.7. The molecule has 1 aliphatic heterocycles. The minimum Gasteiger partial charge on any atom is -0.495 e. The fourth-order valence-electron chi connectivity index (χ4n) is 4.82. The number of rotatable bonds is 7. The van der Waals surface area contributed by atoms with Gasteiger partial charge in [0.1, 0.15) is 17.2 Å². The maximum absolute atomic E-state index is 12.7. The van der Waals surface area contributed by atoms with Crippen LogP contribution in [0.15, 0.2) is 47.2 Å². The summed E-state index contributed by atoms with van der Waals surface area (Å²) in [7, 11) is 3.33. The van der Waals surface area contributed by atoms with Gasteiger partial charge in [0.2, 0.25) is 11.9 Å². The van der Waals surface area contributed by atoms with Gasteiger partial charge in [-0.2, -0.15) is 4.98 Å². The SMILES string of the molecule is COc1ccc(C(=O)NCc2ccco2)cc1Nc1ncc2c(n1)N(C1CCCC1)CCC(=O)N2C. The number of hydrogen-bond donors (Lipinski definition) is 2. The first-order valence-electron chi connectivity index (χ1n) is 12.2. The quantitative estimate of drug-likeness (QED) is 0.513. The second-order valence-corrected chi connectivity index (χ2v) is 9.04. The Hall–Kier alpha value is -4.08. The van der Waals surface area contributed by atoms with Crippen molar-refractivity contribution in [3.63, 3.8) is 0 Å². The Labute approximate surface area is 209 Å². The zero-order chi connectivity index (χ0) is 25.1. The summed E-state index contributed by atoms with van der Waals surface area (Å²) in [5.74, 6) is 2.15. The highest BCUT2D eigenvalue weighted by Crippen LogP contribution is 2.37. The Bertz CT molecular complexity index is 1240. The Morgan fingerprint density at radius 2 is 2.08 bits per heavy atom. The van der Waals surface area contributed by atoms with Crippen molar-refractivity contribution in [1.82, 2.24) is 15.3 Å². The van der Waals surface area contributed by atoms with Crippen LogP contribution in [0, 0.1) is 0 Å². The van der Waals surface area contributed by atoms with E-state index < -0.39 is 0 Å². The zero-order valence-electron chi connectivity index (χ0n) is 20.5. The molecular formula is C26H30N6O4. The number of hydrogen-bond acceptors (Lipinski definition) is 8. The van der Waals surface area contributed by atoms with Crippen molar-refractivity contribution < 1.29 is 18.7 Å². The molecule has 0 spiro atoms. The largest absolute Gasteiger partial charge is 0.495 e. The Morgan fingerprint density at radius 1 is 1.25 bits per heavy atom. The fourth-order valence-corrected chi connectivity index (χ4v) is 4.82. The molecule has 5 rings (SSSR count). The van der Waals surface area contributed by atoms with Crippen molar-refractivity contribution in [2.75, 3.05) is 35.8 Å². The summed E-state index contributed by atoms with van der Waals surface area (Å²) in [6.07, 6.45) is 8.24. The Morgan fingerprint density at radius 3 is 2.83 bits per heavy atom. The third-order valence-corrected chi connectivity index (χ3v) is 6.80. The predicted molar refractivity (Wildman–Crippen MR) is 136 cm³/mol. The van der Waals surface area contributed by atoms with E-state index in [4.69, 9.17) is 14.1 Å². The van der Waals surface area contributed by atoms with Crippen molar-refractivity contribution in [2.45, 2.75) is 44.7 Å². The number of nitrogens with one attached hydrogen (secondary N) is 2. The number of methoxy groups -OCH3 is 1. The van der Waals surface area contributed by atoms with E-state index in [0.717, 1.165) is 18.7 Å². The van der Waals surface area contributed by atoms with Crippen LogP contribution < -0.4 is 25.2 Å². The highest BCUT2D eigenvalue weighted by Gasteiger charge is 2.31. The molecule has 1 saturated carbocycles. The Balaban J connectivity index is 1.42. The lowest BCUT2D eigenvalue weighted by atomic mass is 10.1. The molecule has 0 atom stereocenters. The predicted octanol–water partition coefficient (Wildman–Crippen LogP) is 3.87. The van der Waals surface area contributed by atoms with Crippen LogP contribution in [-0.2, 0) is 11.3 Å². The maximum atomic E-state index is 12.7. The molecule has 2 N–H and O–H groups in total.